The van der Waals surface area contributed by atoms with Crippen molar-refractivity contribution in [3.05, 3.63) is 70.8 Å². The minimum Gasteiger partial charge on any atom is -0.508 e. The van der Waals surface area contributed by atoms with Crippen molar-refractivity contribution in [2.75, 3.05) is 0 Å². The molecule has 4 N–H and O–H groups in total. The van der Waals surface area contributed by atoms with Crippen molar-refractivity contribution in [3.8, 4) is 17.0 Å². The lowest BCUT2D eigenvalue weighted by Gasteiger charge is -2.52. The molecule has 2 aromatic rings. The molecule has 0 aliphatic heterocycles. The highest BCUT2D eigenvalue weighted by atomic mass is 35.5. The average molecular weight is 436 g/mol. The maximum Gasteiger partial charge on any atom is 0.248 e. The Morgan fingerprint density at radius 3 is 2.71 bits per heavy atom. The maximum atomic E-state index is 11.3. The van der Waals surface area contributed by atoms with E-state index in [-0.39, 0.29) is 17.1 Å². The smallest absolute Gasteiger partial charge is 0.248 e. The molecule has 0 saturated heterocycles. The summed E-state index contributed by atoms with van der Waals surface area (Å²) >= 11 is 5.63. The normalized spacial score (nSPS) is 27.1. The number of phenolic OH excluding ortho intramolecular Hbond substituents is 1. The lowest BCUT2D eigenvalue weighted by atomic mass is 9.53. The summed E-state index contributed by atoms with van der Waals surface area (Å²) in [6, 6.07) is 12.9. The van der Waals surface area contributed by atoms with Gasteiger partial charge in [0.2, 0.25) is 5.91 Å². The number of halogens is 1. The van der Waals surface area contributed by atoms with E-state index in [1.807, 2.05) is 24.3 Å². The Balaban J connectivity index is 1.65. The zero-order valence-corrected chi connectivity index (χ0v) is 18.0. The number of fused-ring (bicyclic) bond motifs is 3. The van der Waals surface area contributed by atoms with Gasteiger partial charge in [0.25, 0.3) is 0 Å². The summed E-state index contributed by atoms with van der Waals surface area (Å²) in [5.41, 5.74) is 8.09. The molecule has 2 aliphatic rings. The Kier molecular flexibility index (Phi) is 5.83. The van der Waals surface area contributed by atoms with Crippen LogP contribution < -0.4 is 5.73 Å². The topological polar surface area (TPSA) is 83.6 Å². The fourth-order valence-corrected chi connectivity index (χ4v) is 5.59. The zero-order valence-electron chi connectivity index (χ0n) is 17.3. The molecule has 5 heteroatoms. The number of nitrogens with two attached hydrogens (primary N) is 1. The van der Waals surface area contributed by atoms with E-state index in [0.717, 1.165) is 31.2 Å². The molecule has 4 rings (SSSR count). The molecule has 1 fully saturated rings. The van der Waals surface area contributed by atoms with Crippen molar-refractivity contribution in [1.29, 1.82) is 0 Å². The second kappa shape index (κ2) is 8.42. The van der Waals surface area contributed by atoms with E-state index in [1.54, 1.807) is 18.2 Å². The third-order valence-electron chi connectivity index (χ3n) is 7.01. The number of aliphatic hydroxyl groups is 1. The van der Waals surface area contributed by atoms with Crippen molar-refractivity contribution >= 4 is 23.6 Å². The molecule has 160 valence electrons. The molecule has 31 heavy (non-hydrogen) atoms. The van der Waals surface area contributed by atoms with Gasteiger partial charge in [-0.05, 0) is 97.0 Å². The minimum absolute atomic E-state index is 0.120. The molecule has 0 radical (unpaired) electrons. The van der Waals surface area contributed by atoms with Crippen molar-refractivity contribution in [1.82, 2.24) is 0 Å². The van der Waals surface area contributed by atoms with E-state index in [4.69, 9.17) is 17.3 Å². The van der Waals surface area contributed by atoms with Gasteiger partial charge < -0.3 is 15.9 Å². The summed E-state index contributed by atoms with van der Waals surface area (Å²) < 4.78 is 0. The number of aryl methyl sites for hydroxylation is 1. The second-order valence-electron chi connectivity index (χ2n) is 8.78. The summed E-state index contributed by atoms with van der Waals surface area (Å²) in [6.45, 7) is 0. The number of allylic oxidation sites excluding steroid dienone is 1. The van der Waals surface area contributed by atoms with Crippen LogP contribution in [0.4, 0.5) is 0 Å². The first kappa shape index (κ1) is 21.5. The van der Waals surface area contributed by atoms with Crippen molar-refractivity contribution in [2.45, 2.75) is 49.5 Å². The Bertz CT molecular complexity index is 1080. The van der Waals surface area contributed by atoms with Gasteiger partial charge in [-0.1, -0.05) is 36.3 Å². The Morgan fingerprint density at radius 2 is 2.00 bits per heavy atom. The van der Waals surface area contributed by atoms with Gasteiger partial charge in [-0.3, -0.25) is 4.79 Å². The van der Waals surface area contributed by atoms with Crippen molar-refractivity contribution < 1.29 is 15.0 Å². The Labute approximate surface area is 187 Å². The molecule has 0 aromatic heterocycles. The molecule has 0 heterocycles. The van der Waals surface area contributed by atoms with Crippen LogP contribution in [0.2, 0.25) is 0 Å². The maximum absolute atomic E-state index is 11.3. The standard InChI is InChI=1S/C26H26ClNO3/c27-15-14-25(31)12-13-26(11-1-2-18-3-5-19(6-4-18)24(28)30)21(17-25)8-7-20-16-22(29)9-10-23(20)26/h1-6,9-10,16,21,29,31H,7-8,11-13,17H2,(H2,28,30)/t21-,25+,26-/m0/s1. The van der Waals surface area contributed by atoms with E-state index in [9.17, 15) is 15.0 Å². The third-order valence-corrected chi connectivity index (χ3v) is 7.10. The number of benzene rings is 2. The largest absolute Gasteiger partial charge is 0.508 e. The molecule has 0 bridgehead atoms. The molecule has 2 aliphatic carbocycles. The first-order valence-corrected chi connectivity index (χ1v) is 11.0. The van der Waals surface area contributed by atoms with Crippen molar-refractivity contribution in [2.24, 2.45) is 11.7 Å². The number of aromatic hydroxyl groups is 1. The lowest BCUT2D eigenvalue weighted by molar-refractivity contribution is -0.00710. The van der Waals surface area contributed by atoms with Crippen LogP contribution in [0.3, 0.4) is 0 Å². The lowest BCUT2D eigenvalue weighted by Crippen LogP contribution is -2.49. The molecule has 4 nitrogen and oxygen atoms in total. The van der Waals surface area contributed by atoms with Gasteiger partial charge in [0, 0.05) is 16.4 Å². The summed E-state index contributed by atoms with van der Waals surface area (Å²) in [6.07, 6.45) is 8.80. The molecule has 1 amide bonds. The highest BCUT2D eigenvalue weighted by Gasteiger charge is 2.50. The van der Waals surface area contributed by atoms with Gasteiger partial charge in [0.15, 0.2) is 0 Å². The second-order valence-corrected chi connectivity index (χ2v) is 8.97. The Morgan fingerprint density at radius 1 is 1.23 bits per heavy atom. The van der Waals surface area contributed by atoms with Crippen LogP contribution in [0.15, 0.2) is 48.5 Å². The molecular weight excluding hydrogens is 410 g/mol. The number of hydrogen-bond donors (Lipinski definition) is 3. The van der Waals surface area contributed by atoms with Crippen LogP contribution in [0, 0.1) is 17.2 Å². The van der Waals surface area contributed by atoms with E-state index in [2.05, 4.69) is 23.5 Å². The molecular formula is C26H26ClNO3. The monoisotopic (exact) mass is 435 g/mol. The quantitative estimate of drug-likeness (QED) is 0.618. The number of primary amides is 1. The number of carbonyl (C=O) groups excluding carboxylic acids is 1. The van der Waals surface area contributed by atoms with Crippen LogP contribution >= 0.6 is 11.6 Å². The summed E-state index contributed by atoms with van der Waals surface area (Å²) in [5.74, 6) is 2.94. The van der Waals surface area contributed by atoms with Gasteiger partial charge >= 0.3 is 0 Å². The fourth-order valence-electron chi connectivity index (χ4n) is 5.42. The van der Waals surface area contributed by atoms with Crippen molar-refractivity contribution in [3.63, 3.8) is 0 Å². The predicted molar refractivity (Wildman–Crippen MR) is 123 cm³/mol. The number of carbonyl (C=O) groups is 1. The van der Waals surface area contributed by atoms with Gasteiger partial charge in [-0.15, -0.1) is 0 Å². The van der Waals surface area contributed by atoms with Crippen LogP contribution in [0.5, 0.6) is 5.75 Å². The highest BCUT2D eigenvalue weighted by Crippen LogP contribution is 2.55. The van der Waals surface area contributed by atoms with Gasteiger partial charge in [0.1, 0.15) is 11.4 Å². The number of amides is 1. The molecule has 3 atom stereocenters. The highest BCUT2D eigenvalue weighted by molar-refractivity contribution is 6.30. The van der Waals surface area contributed by atoms with Gasteiger partial charge in [-0.2, -0.15) is 0 Å². The molecule has 0 spiro atoms. The van der Waals surface area contributed by atoms with E-state index in [1.165, 1.54) is 11.1 Å². The minimum atomic E-state index is -1.04. The summed E-state index contributed by atoms with van der Waals surface area (Å²) in [4.78, 5) is 11.3. The third kappa shape index (κ3) is 4.21. The number of rotatable bonds is 4. The fraction of sp³-hybridized carbons (Fsp3) is 0.346. The first-order chi connectivity index (χ1) is 14.8. The number of hydrogen-bond acceptors (Lipinski definition) is 3. The van der Waals surface area contributed by atoms with Crippen LogP contribution in [0.25, 0.3) is 6.08 Å². The molecule has 0 unspecified atom stereocenters. The van der Waals surface area contributed by atoms with Gasteiger partial charge in [0.05, 0.1) is 0 Å². The molecule has 1 saturated carbocycles. The SMILES string of the molecule is NC(=O)c1ccc(C=CC[C@]23CC[C@@](O)(C#CCl)C[C@@H]2CCc2cc(O)ccc23)cc1. The van der Waals surface area contributed by atoms with Crippen LogP contribution in [-0.2, 0) is 11.8 Å². The predicted octanol–water partition coefficient (Wildman–Crippen LogP) is 4.51. The summed E-state index contributed by atoms with van der Waals surface area (Å²) in [7, 11) is 0. The van der Waals surface area contributed by atoms with E-state index >= 15 is 0 Å². The van der Waals surface area contributed by atoms with E-state index < -0.39 is 11.5 Å². The first-order valence-electron chi connectivity index (χ1n) is 10.6. The molecule has 2 aromatic carbocycles. The average Bonchev–Trinajstić information content (AvgIpc) is 2.74. The Hall–Kier alpha value is -2.74. The summed E-state index contributed by atoms with van der Waals surface area (Å²) in [5, 5.41) is 23.3. The zero-order chi connectivity index (χ0) is 22.1. The van der Waals surface area contributed by atoms with E-state index in [0.29, 0.717) is 18.4 Å². The van der Waals surface area contributed by atoms with Gasteiger partial charge in [-0.25, -0.2) is 0 Å². The number of phenols is 1. The van der Waals surface area contributed by atoms with Crippen LogP contribution in [0.1, 0.15) is 59.2 Å². The van der Waals surface area contributed by atoms with Crippen LogP contribution in [-0.4, -0.2) is 21.7 Å².